The van der Waals surface area contributed by atoms with Crippen LogP contribution in [0.2, 0.25) is 0 Å². The van der Waals surface area contributed by atoms with Crippen LogP contribution < -0.4 is 0 Å². The zero-order chi connectivity index (χ0) is 15.6. The Morgan fingerprint density at radius 2 is 2.19 bits per heavy atom. The third-order valence-corrected chi connectivity index (χ3v) is 4.64. The van der Waals surface area contributed by atoms with Gasteiger partial charge in [0.15, 0.2) is 0 Å². The fourth-order valence-corrected chi connectivity index (χ4v) is 3.25. The van der Waals surface area contributed by atoms with Gasteiger partial charge in [0.1, 0.15) is 0 Å². The van der Waals surface area contributed by atoms with Crippen molar-refractivity contribution in [3.8, 4) is 0 Å². The molecule has 116 valence electrons. The number of amides is 1. The maximum Gasteiger partial charge on any atom is 0.254 e. The number of aliphatic hydroxyl groups excluding tert-OH is 1. The van der Waals surface area contributed by atoms with E-state index >= 15 is 0 Å². The van der Waals surface area contributed by atoms with Crippen molar-refractivity contribution in [2.75, 3.05) is 13.1 Å². The molecule has 0 bridgehead atoms. The first-order valence-electron chi connectivity index (χ1n) is 7.38. The maximum atomic E-state index is 12.5. The number of piperidine rings is 1. The van der Waals surface area contributed by atoms with Gasteiger partial charge in [-0.2, -0.15) is 0 Å². The number of carbonyl (C=O) groups excluding carboxylic acids is 1. The van der Waals surface area contributed by atoms with E-state index < -0.39 is 6.10 Å². The quantitative estimate of drug-likeness (QED) is 0.854. The van der Waals surface area contributed by atoms with E-state index in [0.717, 1.165) is 11.4 Å². The highest BCUT2D eigenvalue weighted by Crippen LogP contribution is 2.30. The third kappa shape index (κ3) is 4.45. The van der Waals surface area contributed by atoms with Gasteiger partial charge in [-0.05, 0) is 24.5 Å². The van der Waals surface area contributed by atoms with Crippen LogP contribution in [0.4, 0.5) is 0 Å². The van der Waals surface area contributed by atoms with Gasteiger partial charge in [-0.1, -0.05) is 27.7 Å². The number of hydrogen-bond acceptors (Lipinski definition) is 4. The SMILES string of the molecule is C[C@@H]1CCN(C(=O)c2ccnc(SC(C)(C)C)c2)C[C@@H]1O. The van der Waals surface area contributed by atoms with Gasteiger partial charge in [0, 0.05) is 29.6 Å². The van der Waals surface area contributed by atoms with Crippen molar-refractivity contribution in [3.63, 3.8) is 0 Å². The van der Waals surface area contributed by atoms with Crippen LogP contribution >= 0.6 is 11.8 Å². The minimum Gasteiger partial charge on any atom is -0.391 e. The molecule has 1 aliphatic rings. The molecule has 2 rings (SSSR count). The molecule has 0 saturated carbocycles. The number of pyridine rings is 1. The van der Waals surface area contributed by atoms with Gasteiger partial charge in [0.25, 0.3) is 5.91 Å². The zero-order valence-electron chi connectivity index (χ0n) is 13.2. The van der Waals surface area contributed by atoms with E-state index in [-0.39, 0.29) is 16.6 Å². The number of thioether (sulfide) groups is 1. The first kappa shape index (κ1) is 16.3. The van der Waals surface area contributed by atoms with Crippen LogP contribution in [0.15, 0.2) is 23.4 Å². The van der Waals surface area contributed by atoms with Crippen LogP contribution in [0.25, 0.3) is 0 Å². The summed E-state index contributed by atoms with van der Waals surface area (Å²) in [6.07, 6.45) is 2.11. The summed E-state index contributed by atoms with van der Waals surface area (Å²) in [5, 5.41) is 10.8. The van der Waals surface area contributed by atoms with Crippen LogP contribution in [-0.4, -0.2) is 44.8 Å². The minimum absolute atomic E-state index is 0.0147. The first-order valence-corrected chi connectivity index (χ1v) is 8.20. The van der Waals surface area contributed by atoms with Gasteiger partial charge in [0.2, 0.25) is 0 Å². The van der Waals surface area contributed by atoms with Gasteiger partial charge in [-0.25, -0.2) is 4.98 Å². The van der Waals surface area contributed by atoms with Crippen molar-refractivity contribution in [1.29, 1.82) is 0 Å². The maximum absolute atomic E-state index is 12.5. The molecule has 1 aromatic heterocycles. The van der Waals surface area contributed by atoms with Crippen molar-refractivity contribution in [3.05, 3.63) is 23.9 Å². The molecular formula is C16H24N2O2S. The second-order valence-corrected chi connectivity index (χ2v) is 8.53. The second kappa shape index (κ2) is 6.36. The van der Waals surface area contributed by atoms with Crippen molar-refractivity contribution in [1.82, 2.24) is 9.88 Å². The average Bonchev–Trinajstić information content (AvgIpc) is 2.39. The Morgan fingerprint density at radius 3 is 2.81 bits per heavy atom. The standard InChI is InChI=1S/C16H24N2O2S/c1-11-6-8-18(10-13(11)19)15(20)12-5-7-17-14(9-12)21-16(2,3)4/h5,7,9,11,13,19H,6,8,10H2,1-4H3/t11-,13+/m1/s1. The van der Waals surface area contributed by atoms with Crippen LogP contribution in [0.3, 0.4) is 0 Å². The summed E-state index contributed by atoms with van der Waals surface area (Å²) in [6, 6.07) is 3.60. The summed E-state index contributed by atoms with van der Waals surface area (Å²) in [4.78, 5) is 18.6. The molecule has 21 heavy (non-hydrogen) atoms. The smallest absolute Gasteiger partial charge is 0.254 e. The van der Waals surface area contributed by atoms with Gasteiger partial charge in [-0.15, -0.1) is 11.8 Å². The highest BCUT2D eigenvalue weighted by atomic mass is 32.2. The number of hydrogen-bond donors (Lipinski definition) is 1. The minimum atomic E-state index is -0.423. The molecule has 0 aromatic carbocycles. The number of aromatic nitrogens is 1. The van der Waals surface area contributed by atoms with E-state index in [2.05, 4.69) is 25.8 Å². The van der Waals surface area contributed by atoms with Crippen LogP contribution in [0, 0.1) is 5.92 Å². The van der Waals surface area contributed by atoms with Crippen LogP contribution in [0.5, 0.6) is 0 Å². The lowest BCUT2D eigenvalue weighted by Gasteiger charge is -2.34. The lowest BCUT2D eigenvalue weighted by Crippen LogP contribution is -2.45. The summed E-state index contributed by atoms with van der Waals surface area (Å²) in [5.41, 5.74) is 0.651. The Labute approximate surface area is 130 Å². The number of carbonyl (C=O) groups is 1. The summed E-state index contributed by atoms with van der Waals surface area (Å²) < 4.78 is 0.0609. The zero-order valence-corrected chi connectivity index (χ0v) is 14.0. The molecule has 2 atom stereocenters. The normalized spacial score (nSPS) is 23.2. The number of β-amino-alcohol motifs (C(OH)–C–C–N with tert-alkyl or cyclic N) is 1. The van der Waals surface area contributed by atoms with Crippen molar-refractivity contribution in [2.45, 2.75) is 50.0 Å². The number of rotatable bonds is 2. The Kier molecular flexibility index (Phi) is 4.94. The predicted octanol–water partition coefficient (Wildman–Crippen LogP) is 2.82. The second-order valence-electron chi connectivity index (χ2n) is 6.68. The summed E-state index contributed by atoms with van der Waals surface area (Å²) in [6.45, 7) is 9.52. The van der Waals surface area contributed by atoms with Crippen LogP contribution in [-0.2, 0) is 0 Å². The van der Waals surface area contributed by atoms with E-state index in [0.29, 0.717) is 18.7 Å². The van der Waals surface area contributed by atoms with Crippen molar-refractivity contribution < 1.29 is 9.90 Å². The molecule has 1 amide bonds. The third-order valence-electron chi connectivity index (χ3n) is 3.60. The molecule has 1 N–H and O–H groups in total. The summed E-state index contributed by atoms with van der Waals surface area (Å²) >= 11 is 1.65. The summed E-state index contributed by atoms with van der Waals surface area (Å²) in [7, 11) is 0. The molecule has 4 nitrogen and oxygen atoms in total. The Hall–Kier alpha value is -1.07. The molecule has 0 radical (unpaired) electrons. The first-order chi connectivity index (χ1) is 9.76. The van der Waals surface area contributed by atoms with E-state index in [4.69, 9.17) is 0 Å². The summed E-state index contributed by atoms with van der Waals surface area (Å²) in [5.74, 6) is 0.248. The van der Waals surface area contributed by atoms with Crippen molar-refractivity contribution in [2.24, 2.45) is 5.92 Å². The molecule has 5 heteroatoms. The molecule has 1 aliphatic heterocycles. The van der Waals surface area contributed by atoms with E-state index in [1.54, 1.807) is 28.9 Å². The van der Waals surface area contributed by atoms with Crippen LogP contribution in [0.1, 0.15) is 44.5 Å². The van der Waals surface area contributed by atoms with Gasteiger partial charge < -0.3 is 10.0 Å². The monoisotopic (exact) mass is 308 g/mol. The molecule has 0 spiro atoms. The predicted molar refractivity (Wildman–Crippen MR) is 85.5 cm³/mol. The van der Waals surface area contributed by atoms with E-state index in [1.807, 2.05) is 13.0 Å². The van der Waals surface area contributed by atoms with E-state index in [1.165, 1.54) is 0 Å². The fourth-order valence-electron chi connectivity index (χ4n) is 2.33. The highest BCUT2D eigenvalue weighted by Gasteiger charge is 2.28. The Morgan fingerprint density at radius 1 is 1.48 bits per heavy atom. The highest BCUT2D eigenvalue weighted by molar-refractivity contribution is 8.00. The topological polar surface area (TPSA) is 53.4 Å². The molecule has 1 aromatic rings. The molecule has 2 heterocycles. The number of likely N-dealkylation sites (tertiary alicyclic amines) is 1. The number of aliphatic hydroxyl groups is 1. The molecule has 0 aliphatic carbocycles. The van der Waals surface area contributed by atoms with Crippen molar-refractivity contribution >= 4 is 17.7 Å². The molecular weight excluding hydrogens is 284 g/mol. The lowest BCUT2D eigenvalue weighted by molar-refractivity contribution is 0.0248. The molecule has 1 fully saturated rings. The molecule has 0 unspecified atom stereocenters. The lowest BCUT2D eigenvalue weighted by atomic mass is 9.95. The van der Waals surface area contributed by atoms with Gasteiger partial charge in [-0.3, -0.25) is 4.79 Å². The molecule has 1 saturated heterocycles. The largest absolute Gasteiger partial charge is 0.391 e. The Balaban J connectivity index is 2.11. The number of nitrogens with zero attached hydrogens (tertiary/aromatic N) is 2. The van der Waals surface area contributed by atoms with Gasteiger partial charge in [0.05, 0.1) is 11.1 Å². The fraction of sp³-hybridized carbons (Fsp3) is 0.625. The van der Waals surface area contributed by atoms with E-state index in [9.17, 15) is 9.90 Å². The average molecular weight is 308 g/mol. The Bertz CT molecular complexity index is 513. The van der Waals surface area contributed by atoms with Gasteiger partial charge >= 0.3 is 0 Å².